The van der Waals surface area contributed by atoms with Gasteiger partial charge in [0.1, 0.15) is 5.76 Å². The van der Waals surface area contributed by atoms with Gasteiger partial charge in [-0.1, -0.05) is 0 Å². The Morgan fingerprint density at radius 1 is 1.50 bits per heavy atom. The van der Waals surface area contributed by atoms with Gasteiger partial charge in [0.15, 0.2) is 0 Å². The molecule has 1 aliphatic carbocycles. The van der Waals surface area contributed by atoms with Gasteiger partial charge in [0, 0.05) is 30.5 Å². The molecule has 0 amide bonds. The van der Waals surface area contributed by atoms with Gasteiger partial charge in [-0.3, -0.25) is 0 Å². The summed E-state index contributed by atoms with van der Waals surface area (Å²) in [5.74, 6) is 1.02. The molecule has 3 rings (SSSR count). The summed E-state index contributed by atoms with van der Waals surface area (Å²) >= 11 is 0. The Kier molecular flexibility index (Phi) is 2.50. The molecule has 2 aromatic rings. The molecule has 1 N–H and O–H groups in total. The van der Waals surface area contributed by atoms with Crippen LogP contribution in [0.5, 0.6) is 0 Å². The van der Waals surface area contributed by atoms with Gasteiger partial charge in [0.2, 0.25) is 0 Å². The van der Waals surface area contributed by atoms with Crippen LogP contribution in [0.15, 0.2) is 35.5 Å². The number of aromatic nitrogens is 2. The zero-order valence-electron chi connectivity index (χ0n) is 9.10. The van der Waals surface area contributed by atoms with Gasteiger partial charge in [0.25, 0.3) is 0 Å². The number of hydrogen-bond donors (Lipinski definition) is 1. The predicted molar refractivity (Wildman–Crippen MR) is 59.9 cm³/mol. The van der Waals surface area contributed by atoms with E-state index in [2.05, 4.69) is 10.3 Å². The van der Waals surface area contributed by atoms with Crippen molar-refractivity contribution in [3.63, 3.8) is 0 Å². The summed E-state index contributed by atoms with van der Waals surface area (Å²) in [5.41, 5.74) is 1.25. The van der Waals surface area contributed by atoms with Gasteiger partial charge in [0.05, 0.1) is 19.1 Å². The lowest BCUT2D eigenvalue weighted by Crippen LogP contribution is -2.16. The maximum Gasteiger partial charge on any atom is 0.127 e. The predicted octanol–water partition coefficient (Wildman–Crippen LogP) is 1.78. The first-order valence-electron chi connectivity index (χ1n) is 5.66. The minimum absolute atomic E-state index is 0.732. The van der Waals surface area contributed by atoms with Crippen LogP contribution in [0.3, 0.4) is 0 Å². The molecule has 2 aromatic heterocycles. The molecule has 0 aliphatic heterocycles. The number of nitrogens with zero attached hydrogens (tertiary/aromatic N) is 2. The molecule has 0 bridgehead atoms. The number of imidazole rings is 1. The summed E-state index contributed by atoms with van der Waals surface area (Å²) in [6.07, 6.45) is 9.92. The first-order valence-corrected chi connectivity index (χ1v) is 5.66. The van der Waals surface area contributed by atoms with Crippen LogP contribution in [0.4, 0.5) is 0 Å². The fourth-order valence-corrected chi connectivity index (χ4v) is 1.75. The van der Waals surface area contributed by atoms with Crippen LogP contribution in [-0.4, -0.2) is 15.6 Å². The minimum atomic E-state index is 0.732. The molecule has 1 fully saturated rings. The molecule has 0 unspecified atom stereocenters. The van der Waals surface area contributed by atoms with Crippen LogP contribution >= 0.6 is 0 Å². The van der Waals surface area contributed by atoms with E-state index >= 15 is 0 Å². The Balaban J connectivity index is 1.66. The molecule has 84 valence electrons. The molecule has 0 spiro atoms. The lowest BCUT2D eigenvalue weighted by molar-refractivity contribution is 0.485. The SMILES string of the molecule is c1cn(Cc2occc2CNC2CC2)cn1. The van der Waals surface area contributed by atoms with E-state index in [1.807, 2.05) is 16.8 Å². The van der Waals surface area contributed by atoms with E-state index in [1.165, 1.54) is 18.4 Å². The van der Waals surface area contributed by atoms with Gasteiger partial charge >= 0.3 is 0 Å². The number of nitrogens with one attached hydrogen (secondary N) is 1. The molecule has 0 saturated heterocycles. The molecule has 4 heteroatoms. The summed E-state index contributed by atoms with van der Waals surface area (Å²) in [6.45, 7) is 1.67. The highest BCUT2D eigenvalue weighted by molar-refractivity contribution is 5.17. The first kappa shape index (κ1) is 9.66. The van der Waals surface area contributed by atoms with Gasteiger partial charge in [-0.15, -0.1) is 0 Å². The van der Waals surface area contributed by atoms with E-state index in [9.17, 15) is 0 Å². The normalized spacial score (nSPS) is 15.5. The van der Waals surface area contributed by atoms with Crippen molar-refractivity contribution in [2.24, 2.45) is 0 Å². The molecular weight excluding hydrogens is 202 g/mol. The lowest BCUT2D eigenvalue weighted by atomic mass is 10.2. The average Bonchev–Trinajstić information content (AvgIpc) is 2.79. The van der Waals surface area contributed by atoms with Crippen LogP contribution in [0.25, 0.3) is 0 Å². The van der Waals surface area contributed by atoms with Crippen LogP contribution in [0, 0.1) is 0 Å². The Bertz CT molecular complexity index is 443. The molecule has 0 radical (unpaired) electrons. The van der Waals surface area contributed by atoms with Gasteiger partial charge in [-0.2, -0.15) is 0 Å². The average molecular weight is 217 g/mol. The van der Waals surface area contributed by atoms with Crippen molar-refractivity contribution in [3.8, 4) is 0 Å². The Hall–Kier alpha value is -1.55. The molecular formula is C12H15N3O. The van der Waals surface area contributed by atoms with E-state index in [-0.39, 0.29) is 0 Å². The zero-order valence-corrected chi connectivity index (χ0v) is 9.10. The second-order valence-corrected chi connectivity index (χ2v) is 4.26. The fourth-order valence-electron chi connectivity index (χ4n) is 1.75. The molecule has 2 heterocycles. The van der Waals surface area contributed by atoms with E-state index < -0.39 is 0 Å². The second-order valence-electron chi connectivity index (χ2n) is 4.26. The standard InChI is InChI=1S/C12H15N3O/c1-2-11(1)14-7-10-3-6-16-12(10)8-15-5-4-13-9-15/h3-6,9,11,14H,1-2,7-8H2. The molecule has 0 aromatic carbocycles. The minimum Gasteiger partial charge on any atom is -0.467 e. The van der Waals surface area contributed by atoms with Gasteiger partial charge in [-0.25, -0.2) is 4.98 Å². The topological polar surface area (TPSA) is 43.0 Å². The monoisotopic (exact) mass is 217 g/mol. The highest BCUT2D eigenvalue weighted by Crippen LogP contribution is 2.20. The summed E-state index contributed by atoms with van der Waals surface area (Å²) < 4.78 is 7.52. The summed E-state index contributed by atoms with van der Waals surface area (Å²) in [7, 11) is 0. The summed E-state index contributed by atoms with van der Waals surface area (Å²) in [5, 5.41) is 3.49. The van der Waals surface area contributed by atoms with Crippen LogP contribution in [0.2, 0.25) is 0 Å². The third-order valence-electron chi connectivity index (χ3n) is 2.88. The third-order valence-corrected chi connectivity index (χ3v) is 2.88. The van der Waals surface area contributed by atoms with Crippen molar-refractivity contribution in [2.75, 3.05) is 0 Å². The van der Waals surface area contributed by atoms with Crippen molar-refractivity contribution in [2.45, 2.75) is 32.0 Å². The molecule has 16 heavy (non-hydrogen) atoms. The molecule has 1 aliphatic rings. The maximum absolute atomic E-state index is 5.50. The summed E-state index contributed by atoms with van der Waals surface area (Å²) in [4.78, 5) is 4.02. The highest BCUT2D eigenvalue weighted by Gasteiger charge is 2.20. The number of furan rings is 1. The van der Waals surface area contributed by atoms with E-state index in [4.69, 9.17) is 4.42 Å². The Labute approximate surface area is 94.3 Å². The van der Waals surface area contributed by atoms with Crippen molar-refractivity contribution in [1.82, 2.24) is 14.9 Å². The Morgan fingerprint density at radius 3 is 3.19 bits per heavy atom. The summed E-state index contributed by atoms with van der Waals surface area (Å²) in [6, 6.07) is 2.78. The van der Waals surface area contributed by atoms with E-state index in [1.54, 1.807) is 18.8 Å². The van der Waals surface area contributed by atoms with Gasteiger partial charge in [-0.05, 0) is 18.9 Å². The van der Waals surface area contributed by atoms with Gasteiger partial charge < -0.3 is 14.3 Å². The number of rotatable bonds is 5. The maximum atomic E-state index is 5.50. The van der Waals surface area contributed by atoms with Crippen molar-refractivity contribution in [3.05, 3.63) is 42.4 Å². The van der Waals surface area contributed by atoms with E-state index in [0.717, 1.165) is 24.9 Å². The fraction of sp³-hybridized carbons (Fsp3) is 0.417. The van der Waals surface area contributed by atoms with Crippen LogP contribution < -0.4 is 5.32 Å². The largest absolute Gasteiger partial charge is 0.467 e. The first-order chi connectivity index (χ1) is 7.92. The zero-order chi connectivity index (χ0) is 10.8. The smallest absolute Gasteiger partial charge is 0.127 e. The van der Waals surface area contributed by atoms with E-state index in [0.29, 0.717) is 0 Å². The highest BCUT2D eigenvalue weighted by atomic mass is 16.3. The third kappa shape index (κ3) is 2.17. The number of hydrogen-bond acceptors (Lipinski definition) is 3. The quantitative estimate of drug-likeness (QED) is 0.830. The Morgan fingerprint density at radius 2 is 2.44 bits per heavy atom. The molecule has 4 nitrogen and oxygen atoms in total. The van der Waals surface area contributed by atoms with Crippen LogP contribution in [0.1, 0.15) is 24.2 Å². The molecule has 1 saturated carbocycles. The van der Waals surface area contributed by atoms with Crippen molar-refractivity contribution in [1.29, 1.82) is 0 Å². The van der Waals surface area contributed by atoms with Crippen molar-refractivity contribution >= 4 is 0 Å². The molecule has 0 atom stereocenters. The lowest BCUT2D eigenvalue weighted by Gasteiger charge is -2.04. The van der Waals surface area contributed by atoms with Crippen molar-refractivity contribution < 1.29 is 4.42 Å². The van der Waals surface area contributed by atoms with Crippen LogP contribution in [-0.2, 0) is 13.1 Å². The second kappa shape index (κ2) is 4.14.